The molecule has 1 aromatic carbocycles. The van der Waals surface area contributed by atoms with E-state index in [2.05, 4.69) is 10.3 Å². The third kappa shape index (κ3) is 5.79. The van der Waals surface area contributed by atoms with Gasteiger partial charge in [-0.1, -0.05) is 18.2 Å². The monoisotopic (exact) mass is 395 g/mol. The average molecular weight is 396 g/mol. The number of benzene rings is 1. The van der Waals surface area contributed by atoms with Crippen LogP contribution in [-0.2, 0) is 9.53 Å². The number of nitrogens with one attached hydrogen (secondary N) is 1. The van der Waals surface area contributed by atoms with E-state index in [0.717, 1.165) is 35.7 Å². The van der Waals surface area contributed by atoms with Crippen LogP contribution in [0.5, 0.6) is 0 Å². The van der Waals surface area contributed by atoms with Crippen molar-refractivity contribution in [2.24, 2.45) is 0 Å². The van der Waals surface area contributed by atoms with Crippen LogP contribution >= 0.6 is 0 Å². The minimum absolute atomic E-state index is 0.110. The zero-order valence-electron chi connectivity index (χ0n) is 17.4. The van der Waals surface area contributed by atoms with Crippen molar-refractivity contribution in [2.75, 3.05) is 13.1 Å². The second kappa shape index (κ2) is 9.07. The number of amides is 2. The van der Waals surface area contributed by atoms with E-state index < -0.39 is 5.60 Å². The fourth-order valence-electron chi connectivity index (χ4n) is 3.55. The molecule has 1 N–H and O–H groups in total. The van der Waals surface area contributed by atoms with E-state index in [1.54, 1.807) is 17.2 Å². The van der Waals surface area contributed by atoms with Crippen LogP contribution in [0, 0.1) is 0 Å². The fourth-order valence-corrected chi connectivity index (χ4v) is 3.55. The summed E-state index contributed by atoms with van der Waals surface area (Å²) in [6, 6.07) is 9.84. The maximum atomic E-state index is 12.3. The van der Waals surface area contributed by atoms with Gasteiger partial charge in [0.25, 0.3) is 0 Å². The van der Waals surface area contributed by atoms with Crippen molar-refractivity contribution < 1.29 is 14.3 Å². The van der Waals surface area contributed by atoms with Crippen molar-refractivity contribution in [1.29, 1.82) is 0 Å². The van der Waals surface area contributed by atoms with Crippen molar-refractivity contribution in [3.8, 4) is 0 Å². The molecule has 0 radical (unpaired) electrons. The molecular weight excluding hydrogens is 366 g/mol. The maximum absolute atomic E-state index is 12.3. The van der Waals surface area contributed by atoms with E-state index >= 15 is 0 Å². The van der Waals surface area contributed by atoms with E-state index in [4.69, 9.17) is 4.74 Å². The quantitative estimate of drug-likeness (QED) is 0.772. The number of pyridine rings is 1. The van der Waals surface area contributed by atoms with E-state index in [9.17, 15) is 9.59 Å². The van der Waals surface area contributed by atoms with Gasteiger partial charge in [0, 0.05) is 36.8 Å². The van der Waals surface area contributed by atoms with Gasteiger partial charge < -0.3 is 15.0 Å². The number of hydrogen-bond acceptors (Lipinski definition) is 4. The van der Waals surface area contributed by atoms with Crippen LogP contribution in [0.3, 0.4) is 0 Å². The van der Waals surface area contributed by atoms with Gasteiger partial charge in [0.15, 0.2) is 0 Å². The Hall–Kier alpha value is -2.89. The number of likely N-dealkylation sites (tertiary alicyclic amines) is 1. The number of fused-ring (bicyclic) bond motifs is 1. The Bertz CT molecular complexity index is 896. The molecule has 6 heteroatoms. The molecule has 1 aliphatic rings. The zero-order chi connectivity index (χ0) is 20.9. The molecule has 0 saturated carbocycles. The zero-order valence-corrected chi connectivity index (χ0v) is 17.4. The summed E-state index contributed by atoms with van der Waals surface area (Å²) in [7, 11) is 0. The highest BCUT2D eigenvalue weighted by Gasteiger charge is 2.31. The Labute approximate surface area is 171 Å². The molecule has 6 nitrogen and oxygen atoms in total. The summed E-state index contributed by atoms with van der Waals surface area (Å²) in [4.78, 5) is 30.7. The van der Waals surface area contributed by atoms with E-state index in [1.165, 1.54) is 0 Å². The summed E-state index contributed by atoms with van der Waals surface area (Å²) in [5, 5.41) is 3.93. The summed E-state index contributed by atoms with van der Waals surface area (Å²) in [5.74, 6) is -0.146. The highest BCUT2D eigenvalue weighted by molar-refractivity contribution is 5.95. The van der Waals surface area contributed by atoms with Crippen molar-refractivity contribution in [1.82, 2.24) is 15.2 Å². The predicted molar refractivity (Wildman–Crippen MR) is 114 cm³/mol. The number of para-hydroxylation sites is 1. The molecular formula is C23H29N3O3. The van der Waals surface area contributed by atoms with Crippen LogP contribution in [-0.4, -0.2) is 46.6 Å². The Morgan fingerprint density at radius 3 is 2.86 bits per heavy atom. The number of rotatable bonds is 5. The summed E-state index contributed by atoms with van der Waals surface area (Å²) < 4.78 is 5.49. The average Bonchev–Trinajstić information content (AvgIpc) is 3.14. The smallest absolute Gasteiger partial charge is 0.410 e. The normalized spacial score (nSPS) is 17.1. The number of carbonyl (C=O) groups is 2. The number of nitrogens with zero attached hydrogens (tertiary/aromatic N) is 2. The highest BCUT2D eigenvalue weighted by atomic mass is 16.6. The number of aromatic nitrogens is 1. The van der Waals surface area contributed by atoms with Crippen molar-refractivity contribution >= 4 is 29.0 Å². The van der Waals surface area contributed by atoms with Gasteiger partial charge in [-0.25, -0.2) is 4.79 Å². The number of ether oxygens (including phenoxy) is 1. The molecule has 2 amide bonds. The van der Waals surface area contributed by atoms with Gasteiger partial charge in [0.2, 0.25) is 5.91 Å². The Morgan fingerprint density at radius 1 is 1.28 bits per heavy atom. The summed E-state index contributed by atoms with van der Waals surface area (Å²) in [6.07, 6.45) is 7.45. The van der Waals surface area contributed by atoms with Crippen molar-refractivity contribution in [3.05, 3.63) is 48.2 Å². The fraction of sp³-hybridized carbons (Fsp3) is 0.435. The summed E-state index contributed by atoms with van der Waals surface area (Å²) >= 11 is 0. The van der Waals surface area contributed by atoms with E-state index in [0.29, 0.717) is 13.1 Å². The van der Waals surface area contributed by atoms with Crippen LogP contribution in [0.4, 0.5) is 4.79 Å². The minimum Gasteiger partial charge on any atom is -0.444 e. The first kappa shape index (κ1) is 20.8. The molecule has 154 valence electrons. The maximum Gasteiger partial charge on any atom is 0.410 e. The molecule has 2 aromatic rings. The largest absolute Gasteiger partial charge is 0.444 e. The first-order chi connectivity index (χ1) is 13.8. The topological polar surface area (TPSA) is 71.5 Å². The molecule has 3 rings (SSSR count). The van der Waals surface area contributed by atoms with Gasteiger partial charge in [-0.3, -0.25) is 9.78 Å². The van der Waals surface area contributed by atoms with Crippen LogP contribution in [0.1, 0.15) is 45.6 Å². The molecule has 0 spiro atoms. The molecule has 0 bridgehead atoms. The predicted octanol–water partition coefficient (Wildman–Crippen LogP) is 4.15. The van der Waals surface area contributed by atoms with Crippen LogP contribution < -0.4 is 5.32 Å². The molecule has 29 heavy (non-hydrogen) atoms. The molecule has 1 aromatic heterocycles. The summed E-state index contributed by atoms with van der Waals surface area (Å²) in [6.45, 7) is 6.84. The van der Waals surface area contributed by atoms with Gasteiger partial charge in [-0.05, 0) is 63.8 Å². The molecule has 1 fully saturated rings. The van der Waals surface area contributed by atoms with Gasteiger partial charge >= 0.3 is 6.09 Å². The third-order valence-electron chi connectivity index (χ3n) is 4.88. The highest BCUT2D eigenvalue weighted by Crippen LogP contribution is 2.22. The van der Waals surface area contributed by atoms with Crippen LogP contribution in [0.2, 0.25) is 0 Å². The SMILES string of the molecule is CC(C)(C)OC(=O)N1CCC[C@@H]1CCNC(=O)C=Cc1ccnc2ccccc12. The van der Waals surface area contributed by atoms with E-state index in [1.807, 2.05) is 57.2 Å². The van der Waals surface area contributed by atoms with Gasteiger partial charge in [0.05, 0.1) is 5.52 Å². The number of carbonyl (C=O) groups excluding carboxylic acids is 2. The van der Waals surface area contributed by atoms with Crippen molar-refractivity contribution in [2.45, 2.75) is 51.7 Å². The second-order valence-electron chi connectivity index (χ2n) is 8.30. The second-order valence-corrected chi connectivity index (χ2v) is 8.30. The molecule has 2 heterocycles. The molecule has 0 unspecified atom stereocenters. The Morgan fingerprint density at radius 2 is 2.07 bits per heavy atom. The molecule has 1 aliphatic heterocycles. The Kier molecular flexibility index (Phi) is 6.52. The lowest BCUT2D eigenvalue weighted by Crippen LogP contribution is -2.41. The summed E-state index contributed by atoms with van der Waals surface area (Å²) in [5.41, 5.74) is 1.36. The third-order valence-corrected chi connectivity index (χ3v) is 4.88. The molecule has 1 saturated heterocycles. The Balaban J connectivity index is 1.50. The molecule has 0 aliphatic carbocycles. The first-order valence-electron chi connectivity index (χ1n) is 10.1. The van der Waals surface area contributed by atoms with Crippen LogP contribution in [0.25, 0.3) is 17.0 Å². The molecule has 1 atom stereocenters. The van der Waals surface area contributed by atoms with Gasteiger partial charge in [-0.2, -0.15) is 0 Å². The lowest BCUT2D eigenvalue weighted by molar-refractivity contribution is -0.116. The lowest BCUT2D eigenvalue weighted by Gasteiger charge is -2.28. The van der Waals surface area contributed by atoms with Crippen LogP contribution in [0.15, 0.2) is 42.6 Å². The van der Waals surface area contributed by atoms with E-state index in [-0.39, 0.29) is 18.0 Å². The standard InChI is InChI=1S/C23H29N3O3/c1-23(2,3)29-22(28)26-16-6-7-18(26)13-15-25-21(27)11-10-17-12-14-24-20-9-5-4-8-19(17)20/h4-5,8-12,14,18H,6-7,13,15-16H2,1-3H3,(H,25,27)/t18-/m1/s1. The van der Waals surface area contributed by atoms with Gasteiger partial charge in [-0.15, -0.1) is 0 Å². The van der Waals surface area contributed by atoms with Crippen molar-refractivity contribution in [3.63, 3.8) is 0 Å². The first-order valence-corrected chi connectivity index (χ1v) is 10.1. The number of hydrogen-bond donors (Lipinski definition) is 1. The minimum atomic E-state index is -0.500. The lowest BCUT2D eigenvalue weighted by atomic mass is 10.1. The van der Waals surface area contributed by atoms with Gasteiger partial charge in [0.1, 0.15) is 5.60 Å².